The van der Waals surface area contributed by atoms with Gasteiger partial charge in [-0.1, -0.05) is 29.8 Å². The molecule has 5 nitrogen and oxygen atoms in total. The van der Waals surface area contributed by atoms with Crippen molar-refractivity contribution < 1.29 is 14.3 Å². The molecule has 2 unspecified atom stereocenters. The minimum Gasteiger partial charge on any atom is -0.487 e. The molecule has 0 spiro atoms. The highest BCUT2D eigenvalue weighted by Crippen LogP contribution is 2.24. The molecule has 0 radical (unpaired) electrons. The molecular formula is C24H25ClN2O3. The van der Waals surface area contributed by atoms with E-state index in [2.05, 4.69) is 10.3 Å². The van der Waals surface area contributed by atoms with Gasteiger partial charge in [0.05, 0.1) is 11.7 Å². The standard InChI is InChI=1S/C24H25ClN2O3/c1-16-13-20(25)10-11-23(16)30-18(3)24(28)27-17(2)19-7-6-9-22(14-19)29-15-21-8-4-5-12-26-21/h4-14,17-18H,15H2,1-3H3,(H,27,28). The number of carbonyl (C=O) groups is 1. The molecule has 30 heavy (non-hydrogen) atoms. The van der Waals surface area contributed by atoms with Crippen molar-refractivity contribution in [3.8, 4) is 11.5 Å². The molecule has 0 aliphatic heterocycles. The summed E-state index contributed by atoms with van der Waals surface area (Å²) < 4.78 is 11.6. The van der Waals surface area contributed by atoms with Crippen molar-refractivity contribution in [3.63, 3.8) is 0 Å². The summed E-state index contributed by atoms with van der Waals surface area (Å²) in [5.41, 5.74) is 2.68. The zero-order chi connectivity index (χ0) is 21.5. The Morgan fingerprint density at radius 2 is 1.93 bits per heavy atom. The van der Waals surface area contributed by atoms with Gasteiger partial charge in [-0.2, -0.15) is 0 Å². The summed E-state index contributed by atoms with van der Waals surface area (Å²) in [6, 6.07) is 18.5. The number of benzene rings is 2. The Kier molecular flexibility index (Phi) is 7.31. The number of nitrogens with zero attached hydrogens (tertiary/aromatic N) is 1. The second-order valence-corrected chi connectivity index (χ2v) is 7.52. The van der Waals surface area contributed by atoms with Crippen LogP contribution in [0.25, 0.3) is 0 Å². The lowest BCUT2D eigenvalue weighted by Gasteiger charge is -2.20. The zero-order valence-corrected chi connectivity index (χ0v) is 18.0. The predicted octanol–water partition coefficient (Wildman–Crippen LogP) is 5.27. The first-order chi connectivity index (χ1) is 14.4. The number of ether oxygens (including phenoxy) is 2. The van der Waals surface area contributed by atoms with Crippen LogP contribution < -0.4 is 14.8 Å². The van der Waals surface area contributed by atoms with Crippen molar-refractivity contribution >= 4 is 17.5 Å². The number of carbonyl (C=O) groups excluding carboxylic acids is 1. The summed E-state index contributed by atoms with van der Waals surface area (Å²) in [6.45, 7) is 5.93. The van der Waals surface area contributed by atoms with Crippen molar-refractivity contribution in [2.75, 3.05) is 0 Å². The topological polar surface area (TPSA) is 60.5 Å². The fraction of sp³-hybridized carbons (Fsp3) is 0.250. The van der Waals surface area contributed by atoms with Crippen molar-refractivity contribution in [1.29, 1.82) is 0 Å². The molecule has 2 aromatic carbocycles. The number of aryl methyl sites for hydroxylation is 1. The van der Waals surface area contributed by atoms with Gasteiger partial charge in [-0.25, -0.2) is 0 Å². The first kappa shape index (κ1) is 21.7. The maximum atomic E-state index is 12.6. The molecule has 2 atom stereocenters. The van der Waals surface area contributed by atoms with Crippen LogP contribution in [0.5, 0.6) is 11.5 Å². The van der Waals surface area contributed by atoms with Gasteiger partial charge in [-0.05, 0) is 74.4 Å². The maximum absolute atomic E-state index is 12.6. The molecule has 3 aromatic rings. The summed E-state index contributed by atoms with van der Waals surface area (Å²) in [6.07, 6.45) is 1.09. The van der Waals surface area contributed by atoms with Gasteiger partial charge in [0, 0.05) is 11.2 Å². The highest BCUT2D eigenvalue weighted by Gasteiger charge is 2.19. The maximum Gasteiger partial charge on any atom is 0.261 e. The smallest absolute Gasteiger partial charge is 0.261 e. The Hall–Kier alpha value is -3.05. The Morgan fingerprint density at radius 1 is 1.10 bits per heavy atom. The molecule has 0 aliphatic carbocycles. The van der Waals surface area contributed by atoms with Crippen LogP contribution in [0, 0.1) is 6.92 Å². The summed E-state index contributed by atoms with van der Waals surface area (Å²) in [5, 5.41) is 3.63. The number of rotatable bonds is 8. The average Bonchev–Trinajstić information content (AvgIpc) is 2.75. The van der Waals surface area contributed by atoms with E-state index in [9.17, 15) is 4.79 Å². The van der Waals surface area contributed by atoms with Crippen molar-refractivity contribution in [2.24, 2.45) is 0 Å². The molecule has 6 heteroatoms. The van der Waals surface area contributed by atoms with Crippen LogP contribution >= 0.6 is 11.6 Å². The molecule has 1 aromatic heterocycles. The number of hydrogen-bond donors (Lipinski definition) is 1. The van der Waals surface area contributed by atoms with E-state index in [4.69, 9.17) is 21.1 Å². The molecule has 3 rings (SSSR count). The van der Waals surface area contributed by atoms with Gasteiger partial charge in [-0.15, -0.1) is 0 Å². The summed E-state index contributed by atoms with van der Waals surface area (Å²) >= 11 is 5.97. The van der Waals surface area contributed by atoms with Crippen LogP contribution in [-0.2, 0) is 11.4 Å². The fourth-order valence-corrected chi connectivity index (χ4v) is 3.14. The van der Waals surface area contributed by atoms with E-state index in [0.29, 0.717) is 17.4 Å². The van der Waals surface area contributed by atoms with E-state index in [-0.39, 0.29) is 11.9 Å². The molecule has 0 saturated carbocycles. The first-order valence-corrected chi connectivity index (χ1v) is 10.2. The average molecular weight is 425 g/mol. The molecule has 156 valence electrons. The minimum atomic E-state index is -0.643. The summed E-state index contributed by atoms with van der Waals surface area (Å²) in [5.74, 6) is 1.16. The lowest BCUT2D eigenvalue weighted by atomic mass is 10.1. The number of amides is 1. The Bertz CT molecular complexity index is 995. The van der Waals surface area contributed by atoms with Crippen LogP contribution in [0.3, 0.4) is 0 Å². The highest BCUT2D eigenvalue weighted by molar-refractivity contribution is 6.30. The van der Waals surface area contributed by atoms with E-state index >= 15 is 0 Å². The third kappa shape index (κ3) is 5.97. The van der Waals surface area contributed by atoms with Gasteiger partial charge >= 0.3 is 0 Å². The largest absolute Gasteiger partial charge is 0.487 e. The van der Waals surface area contributed by atoms with Crippen LogP contribution in [0.15, 0.2) is 66.9 Å². The normalized spacial score (nSPS) is 12.7. The van der Waals surface area contributed by atoms with Crippen LogP contribution in [-0.4, -0.2) is 17.0 Å². The minimum absolute atomic E-state index is 0.198. The number of aromatic nitrogens is 1. The van der Waals surface area contributed by atoms with Crippen LogP contribution in [0.4, 0.5) is 0 Å². The van der Waals surface area contributed by atoms with Crippen molar-refractivity contribution in [3.05, 3.63) is 88.7 Å². The van der Waals surface area contributed by atoms with Crippen LogP contribution in [0.1, 0.15) is 36.7 Å². The van der Waals surface area contributed by atoms with Gasteiger partial charge in [0.25, 0.3) is 5.91 Å². The number of halogens is 1. The molecule has 0 saturated heterocycles. The lowest BCUT2D eigenvalue weighted by Crippen LogP contribution is -2.37. The van der Waals surface area contributed by atoms with Crippen molar-refractivity contribution in [1.82, 2.24) is 10.3 Å². The summed E-state index contributed by atoms with van der Waals surface area (Å²) in [4.78, 5) is 16.9. The van der Waals surface area contributed by atoms with Gasteiger partial charge < -0.3 is 14.8 Å². The van der Waals surface area contributed by atoms with E-state index in [1.807, 2.05) is 56.3 Å². The third-order valence-electron chi connectivity index (χ3n) is 4.64. The lowest BCUT2D eigenvalue weighted by molar-refractivity contribution is -0.127. The monoisotopic (exact) mass is 424 g/mol. The Balaban J connectivity index is 1.58. The molecule has 0 aliphatic rings. The van der Waals surface area contributed by atoms with E-state index in [0.717, 1.165) is 22.6 Å². The second kappa shape index (κ2) is 10.1. The summed E-state index contributed by atoms with van der Waals surface area (Å²) in [7, 11) is 0. The fourth-order valence-electron chi connectivity index (χ4n) is 2.92. The van der Waals surface area contributed by atoms with E-state index < -0.39 is 6.10 Å². The first-order valence-electron chi connectivity index (χ1n) is 9.78. The molecule has 1 heterocycles. The Morgan fingerprint density at radius 3 is 2.67 bits per heavy atom. The molecule has 1 N–H and O–H groups in total. The van der Waals surface area contributed by atoms with Gasteiger partial charge in [0.1, 0.15) is 18.1 Å². The molecular weight excluding hydrogens is 400 g/mol. The zero-order valence-electron chi connectivity index (χ0n) is 17.3. The van der Waals surface area contributed by atoms with Crippen molar-refractivity contribution in [2.45, 2.75) is 39.5 Å². The molecule has 1 amide bonds. The predicted molar refractivity (Wildman–Crippen MR) is 118 cm³/mol. The van der Waals surface area contributed by atoms with Crippen LogP contribution in [0.2, 0.25) is 5.02 Å². The van der Waals surface area contributed by atoms with E-state index in [1.165, 1.54) is 0 Å². The molecule has 0 bridgehead atoms. The molecule has 0 fully saturated rings. The third-order valence-corrected chi connectivity index (χ3v) is 4.87. The number of pyridine rings is 1. The quantitative estimate of drug-likeness (QED) is 0.535. The number of nitrogens with one attached hydrogen (secondary N) is 1. The van der Waals surface area contributed by atoms with Gasteiger partial charge in [0.2, 0.25) is 0 Å². The Labute approximate surface area is 182 Å². The number of hydrogen-bond acceptors (Lipinski definition) is 4. The van der Waals surface area contributed by atoms with E-state index in [1.54, 1.807) is 31.3 Å². The van der Waals surface area contributed by atoms with Gasteiger partial charge in [0.15, 0.2) is 6.10 Å². The van der Waals surface area contributed by atoms with Gasteiger partial charge in [-0.3, -0.25) is 9.78 Å². The highest BCUT2D eigenvalue weighted by atomic mass is 35.5. The SMILES string of the molecule is Cc1cc(Cl)ccc1OC(C)C(=O)NC(C)c1cccc(OCc2ccccn2)c1. The second-order valence-electron chi connectivity index (χ2n) is 7.08.